The first-order valence-electron chi connectivity index (χ1n) is 4.97. The first-order chi connectivity index (χ1) is 7.63. The largest absolute Gasteiger partial charge is 0.476 e. The maximum Gasteiger partial charge on any atom is 0.356 e. The molecule has 0 aliphatic rings. The molecule has 0 unspecified atom stereocenters. The van der Waals surface area contributed by atoms with Crippen molar-refractivity contribution in [1.82, 2.24) is 14.6 Å². The summed E-state index contributed by atoms with van der Waals surface area (Å²) in [5.74, 6) is -0.388. The van der Waals surface area contributed by atoms with E-state index in [1.807, 2.05) is 6.92 Å². The van der Waals surface area contributed by atoms with Crippen LogP contribution >= 0.6 is 0 Å². The Morgan fingerprint density at radius 3 is 2.94 bits per heavy atom. The van der Waals surface area contributed by atoms with Gasteiger partial charge in [0.1, 0.15) is 5.82 Å². The van der Waals surface area contributed by atoms with Crippen molar-refractivity contribution in [2.75, 3.05) is 11.9 Å². The van der Waals surface area contributed by atoms with Gasteiger partial charge in [-0.1, -0.05) is 0 Å². The van der Waals surface area contributed by atoms with Crippen molar-refractivity contribution in [2.24, 2.45) is 0 Å². The molecule has 0 aliphatic carbocycles. The number of aryl methyl sites for hydroxylation is 1. The lowest BCUT2D eigenvalue weighted by atomic mass is 10.3. The van der Waals surface area contributed by atoms with E-state index in [4.69, 9.17) is 5.11 Å². The summed E-state index contributed by atoms with van der Waals surface area (Å²) in [6.45, 7) is 4.34. The highest BCUT2D eigenvalue weighted by atomic mass is 16.4. The number of imidazole rings is 1. The fourth-order valence-corrected chi connectivity index (χ4v) is 1.56. The van der Waals surface area contributed by atoms with E-state index >= 15 is 0 Å². The summed E-state index contributed by atoms with van der Waals surface area (Å²) >= 11 is 0. The molecule has 2 rings (SSSR count). The molecule has 16 heavy (non-hydrogen) atoms. The fraction of sp³-hybridized carbons (Fsp3) is 0.300. The molecule has 2 aromatic heterocycles. The number of fused-ring (bicyclic) bond motifs is 1. The minimum absolute atomic E-state index is 0.106. The molecular weight excluding hydrogens is 208 g/mol. The van der Waals surface area contributed by atoms with Crippen molar-refractivity contribution in [3.05, 3.63) is 23.5 Å². The topological polar surface area (TPSA) is 79.5 Å². The predicted octanol–water partition coefficient (Wildman–Crippen LogP) is 1.17. The van der Waals surface area contributed by atoms with Crippen molar-refractivity contribution in [3.63, 3.8) is 0 Å². The van der Waals surface area contributed by atoms with Gasteiger partial charge in [0, 0.05) is 6.54 Å². The van der Waals surface area contributed by atoms with E-state index in [-0.39, 0.29) is 5.69 Å². The maximum absolute atomic E-state index is 11.0. The summed E-state index contributed by atoms with van der Waals surface area (Å²) in [7, 11) is 0. The molecule has 0 aromatic carbocycles. The molecule has 2 N–H and O–H groups in total. The second-order valence-electron chi connectivity index (χ2n) is 3.37. The van der Waals surface area contributed by atoms with E-state index in [0.29, 0.717) is 17.2 Å². The average Bonchev–Trinajstić information content (AvgIpc) is 2.53. The van der Waals surface area contributed by atoms with Crippen LogP contribution in [0.5, 0.6) is 0 Å². The van der Waals surface area contributed by atoms with Crippen molar-refractivity contribution in [2.45, 2.75) is 13.8 Å². The van der Waals surface area contributed by atoms with Crippen molar-refractivity contribution in [3.8, 4) is 0 Å². The van der Waals surface area contributed by atoms with Gasteiger partial charge >= 0.3 is 5.97 Å². The van der Waals surface area contributed by atoms with E-state index in [1.165, 1.54) is 4.52 Å². The number of aromatic carboxylic acids is 1. The van der Waals surface area contributed by atoms with Gasteiger partial charge < -0.3 is 10.4 Å². The number of anilines is 1. The number of rotatable bonds is 3. The van der Waals surface area contributed by atoms with Crippen LogP contribution < -0.4 is 5.32 Å². The van der Waals surface area contributed by atoms with E-state index < -0.39 is 5.97 Å². The Bertz CT molecular complexity index is 547. The summed E-state index contributed by atoms with van der Waals surface area (Å²) in [5, 5.41) is 16.2. The second-order valence-corrected chi connectivity index (χ2v) is 3.37. The number of nitrogens with zero attached hydrogens (tertiary/aromatic N) is 3. The number of hydrogen-bond donors (Lipinski definition) is 2. The summed E-state index contributed by atoms with van der Waals surface area (Å²) < 4.78 is 1.34. The Hall–Kier alpha value is -2.11. The zero-order valence-electron chi connectivity index (χ0n) is 9.06. The average molecular weight is 220 g/mol. The maximum atomic E-state index is 11.0. The lowest BCUT2D eigenvalue weighted by molar-refractivity contribution is 0.0687. The van der Waals surface area contributed by atoms with E-state index in [1.54, 1.807) is 19.1 Å². The van der Waals surface area contributed by atoms with Crippen molar-refractivity contribution in [1.29, 1.82) is 0 Å². The van der Waals surface area contributed by atoms with Crippen LogP contribution in [-0.4, -0.2) is 32.2 Å². The molecule has 0 radical (unpaired) electrons. The number of carbonyl (C=O) groups is 1. The van der Waals surface area contributed by atoms with E-state index in [2.05, 4.69) is 15.4 Å². The van der Waals surface area contributed by atoms with Crippen LogP contribution in [0.15, 0.2) is 12.1 Å². The minimum atomic E-state index is -1.02. The molecule has 0 atom stereocenters. The Morgan fingerprint density at radius 1 is 1.56 bits per heavy atom. The lowest BCUT2D eigenvalue weighted by Crippen LogP contribution is -2.08. The first-order valence-corrected chi connectivity index (χ1v) is 4.97. The molecule has 6 nitrogen and oxygen atoms in total. The predicted molar refractivity (Wildman–Crippen MR) is 58.8 cm³/mol. The Kier molecular flexibility index (Phi) is 2.47. The van der Waals surface area contributed by atoms with Gasteiger partial charge in [0.15, 0.2) is 11.3 Å². The lowest BCUT2D eigenvalue weighted by Gasteiger charge is -2.02. The highest BCUT2D eigenvalue weighted by Crippen LogP contribution is 2.12. The summed E-state index contributed by atoms with van der Waals surface area (Å²) in [4.78, 5) is 15.2. The van der Waals surface area contributed by atoms with Crippen LogP contribution in [0.3, 0.4) is 0 Å². The smallest absolute Gasteiger partial charge is 0.356 e. The van der Waals surface area contributed by atoms with Crippen molar-refractivity contribution < 1.29 is 9.90 Å². The molecule has 0 spiro atoms. The first kappa shape index (κ1) is 10.4. The van der Waals surface area contributed by atoms with E-state index in [0.717, 1.165) is 6.54 Å². The van der Waals surface area contributed by atoms with Crippen LogP contribution in [0.1, 0.15) is 23.1 Å². The zero-order chi connectivity index (χ0) is 11.7. The van der Waals surface area contributed by atoms with Crippen LogP contribution in [0.2, 0.25) is 0 Å². The van der Waals surface area contributed by atoms with Gasteiger partial charge in [-0.25, -0.2) is 14.3 Å². The number of carboxylic acids is 1. The van der Waals surface area contributed by atoms with E-state index in [9.17, 15) is 4.79 Å². The standard InChI is InChI=1S/C10H12N4O2/c1-3-11-7-4-5-8-12-6(2)9(10(15)16)14(8)13-7/h4-5H,3H2,1-2H3,(H,11,13)(H,15,16). The third-order valence-corrected chi connectivity index (χ3v) is 2.21. The molecular formula is C10H12N4O2. The van der Waals surface area contributed by atoms with Gasteiger partial charge in [-0.2, -0.15) is 0 Å². The quantitative estimate of drug-likeness (QED) is 0.811. The van der Waals surface area contributed by atoms with Gasteiger partial charge in [0.25, 0.3) is 0 Å². The summed E-state index contributed by atoms with van der Waals surface area (Å²) in [6, 6.07) is 3.52. The minimum Gasteiger partial charge on any atom is -0.476 e. The monoisotopic (exact) mass is 220 g/mol. The van der Waals surface area contributed by atoms with Gasteiger partial charge in [-0.3, -0.25) is 0 Å². The van der Waals surface area contributed by atoms with Gasteiger partial charge in [-0.15, -0.1) is 5.10 Å². The second kappa shape index (κ2) is 3.80. The van der Waals surface area contributed by atoms with Crippen molar-refractivity contribution >= 4 is 17.4 Å². The molecule has 6 heteroatoms. The van der Waals surface area contributed by atoms with Crippen LogP contribution in [0.4, 0.5) is 5.82 Å². The van der Waals surface area contributed by atoms with Crippen LogP contribution in [-0.2, 0) is 0 Å². The van der Waals surface area contributed by atoms with Gasteiger partial charge in [0.05, 0.1) is 5.69 Å². The summed E-state index contributed by atoms with van der Waals surface area (Å²) in [5.41, 5.74) is 1.11. The van der Waals surface area contributed by atoms with Crippen LogP contribution in [0.25, 0.3) is 5.65 Å². The molecule has 2 heterocycles. The molecule has 2 aromatic rings. The highest BCUT2D eigenvalue weighted by molar-refractivity contribution is 5.88. The van der Waals surface area contributed by atoms with Crippen LogP contribution in [0, 0.1) is 6.92 Å². The molecule has 0 saturated heterocycles. The number of hydrogen-bond acceptors (Lipinski definition) is 4. The molecule has 0 saturated carbocycles. The summed E-state index contributed by atoms with van der Waals surface area (Å²) in [6.07, 6.45) is 0. The van der Waals surface area contributed by atoms with Gasteiger partial charge in [-0.05, 0) is 26.0 Å². The molecule has 0 aliphatic heterocycles. The molecule has 84 valence electrons. The SMILES string of the molecule is CCNc1ccc2nc(C)c(C(=O)O)n2n1. The third-order valence-electron chi connectivity index (χ3n) is 2.21. The van der Waals surface area contributed by atoms with Gasteiger partial charge in [0.2, 0.25) is 0 Å². The normalized spacial score (nSPS) is 10.6. The molecule has 0 fully saturated rings. The molecule has 0 bridgehead atoms. The number of nitrogens with one attached hydrogen (secondary N) is 1. The Morgan fingerprint density at radius 2 is 2.31 bits per heavy atom. The Balaban J connectivity index is 2.64. The highest BCUT2D eigenvalue weighted by Gasteiger charge is 2.16. The fourth-order valence-electron chi connectivity index (χ4n) is 1.56. The third kappa shape index (κ3) is 1.58. The Labute approximate surface area is 91.9 Å². The molecule has 0 amide bonds. The zero-order valence-corrected chi connectivity index (χ0v) is 9.06. The number of carboxylic acid groups (broad SMARTS) is 1. The number of aromatic nitrogens is 3.